The topological polar surface area (TPSA) is 35.2 Å². The molecule has 1 heterocycles. The van der Waals surface area contributed by atoms with Gasteiger partial charge in [0.2, 0.25) is 0 Å². The van der Waals surface area contributed by atoms with Gasteiger partial charge in [0, 0.05) is 18.8 Å². The Morgan fingerprint density at radius 2 is 1.50 bits per heavy atom. The van der Waals surface area contributed by atoms with E-state index in [-0.39, 0.29) is 5.54 Å². The van der Waals surface area contributed by atoms with E-state index in [0.717, 1.165) is 32.5 Å². The first-order valence-corrected chi connectivity index (χ1v) is 7.31. The molecular weight excluding hydrogens is 246 g/mol. The monoisotopic (exact) mass is 267 g/mol. The molecule has 2 nitrogen and oxygen atoms in total. The maximum absolute atomic E-state index is 6.59. The first-order chi connectivity index (χ1) is 9.78. The van der Waals surface area contributed by atoms with Crippen LogP contribution >= 0.6 is 0 Å². The minimum absolute atomic E-state index is 0.230. The van der Waals surface area contributed by atoms with Crippen molar-refractivity contribution in [2.75, 3.05) is 13.2 Å². The molecule has 20 heavy (non-hydrogen) atoms. The molecule has 1 saturated heterocycles. The minimum atomic E-state index is -0.230. The third kappa shape index (κ3) is 2.77. The van der Waals surface area contributed by atoms with Crippen molar-refractivity contribution in [3.63, 3.8) is 0 Å². The first-order valence-electron chi connectivity index (χ1n) is 7.31. The van der Waals surface area contributed by atoms with Crippen molar-refractivity contribution in [2.45, 2.75) is 24.8 Å². The molecule has 0 aliphatic carbocycles. The third-order valence-electron chi connectivity index (χ3n) is 4.17. The van der Waals surface area contributed by atoms with Crippen molar-refractivity contribution < 1.29 is 4.74 Å². The molecule has 0 spiro atoms. The molecule has 0 radical (unpaired) electrons. The maximum atomic E-state index is 6.59. The number of benzene rings is 2. The predicted octanol–water partition coefficient (Wildman–Crippen LogP) is 3.71. The summed E-state index contributed by atoms with van der Waals surface area (Å²) in [5.41, 5.74) is 10.1. The fourth-order valence-corrected chi connectivity index (χ4v) is 2.88. The van der Waals surface area contributed by atoms with Gasteiger partial charge in [0.25, 0.3) is 0 Å². The zero-order valence-corrected chi connectivity index (χ0v) is 11.7. The van der Waals surface area contributed by atoms with Crippen molar-refractivity contribution in [1.82, 2.24) is 0 Å². The Hall–Kier alpha value is -1.64. The van der Waals surface area contributed by atoms with Gasteiger partial charge in [-0.25, -0.2) is 0 Å². The second-order valence-corrected chi connectivity index (χ2v) is 5.57. The second-order valence-electron chi connectivity index (χ2n) is 5.57. The van der Waals surface area contributed by atoms with Crippen molar-refractivity contribution in [3.05, 3.63) is 60.2 Å². The molecule has 104 valence electrons. The van der Waals surface area contributed by atoms with Crippen molar-refractivity contribution in [2.24, 2.45) is 5.73 Å². The lowest BCUT2D eigenvalue weighted by atomic mass is 9.83. The van der Waals surface area contributed by atoms with Crippen LogP contribution in [0.15, 0.2) is 54.6 Å². The molecule has 0 amide bonds. The average Bonchev–Trinajstić information content (AvgIpc) is 2.74. The van der Waals surface area contributed by atoms with Gasteiger partial charge in [0.05, 0.1) is 0 Å². The van der Waals surface area contributed by atoms with E-state index in [2.05, 4.69) is 48.5 Å². The number of hydrogen-bond acceptors (Lipinski definition) is 2. The summed E-state index contributed by atoms with van der Waals surface area (Å²) in [5.74, 6) is 0. The van der Waals surface area contributed by atoms with E-state index in [4.69, 9.17) is 10.5 Å². The van der Waals surface area contributed by atoms with Gasteiger partial charge in [0.1, 0.15) is 0 Å². The highest BCUT2D eigenvalue weighted by Crippen LogP contribution is 2.31. The van der Waals surface area contributed by atoms with Gasteiger partial charge in [-0.3, -0.25) is 0 Å². The van der Waals surface area contributed by atoms with E-state index in [1.54, 1.807) is 0 Å². The summed E-state index contributed by atoms with van der Waals surface area (Å²) in [5, 5.41) is 0. The summed E-state index contributed by atoms with van der Waals surface area (Å²) in [6.45, 7) is 1.60. The van der Waals surface area contributed by atoms with Gasteiger partial charge in [-0.2, -0.15) is 0 Å². The van der Waals surface area contributed by atoms with E-state index in [0.29, 0.717) is 0 Å². The number of ether oxygens (including phenoxy) is 1. The normalized spacial score (nSPS) is 23.2. The van der Waals surface area contributed by atoms with E-state index >= 15 is 0 Å². The Morgan fingerprint density at radius 3 is 2.25 bits per heavy atom. The molecule has 1 aliphatic heterocycles. The Morgan fingerprint density at radius 1 is 0.800 bits per heavy atom. The molecule has 2 N–H and O–H groups in total. The molecule has 1 aliphatic rings. The fraction of sp³-hybridized carbons (Fsp3) is 0.333. The van der Waals surface area contributed by atoms with Gasteiger partial charge >= 0.3 is 0 Å². The summed E-state index contributed by atoms with van der Waals surface area (Å²) in [6.07, 6.45) is 2.94. The van der Waals surface area contributed by atoms with Gasteiger partial charge in [-0.15, -0.1) is 0 Å². The maximum Gasteiger partial charge on any atom is 0.0486 e. The molecule has 0 bridgehead atoms. The third-order valence-corrected chi connectivity index (χ3v) is 4.17. The molecule has 1 atom stereocenters. The van der Waals surface area contributed by atoms with Crippen LogP contribution in [0.3, 0.4) is 0 Å². The van der Waals surface area contributed by atoms with Crippen LogP contribution in [0.5, 0.6) is 0 Å². The SMILES string of the molecule is NC1(c2ccc(-c3ccccc3)cc2)CCCOCC1. The highest BCUT2D eigenvalue weighted by atomic mass is 16.5. The largest absolute Gasteiger partial charge is 0.381 e. The van der Waals surface area contributed by atoms with Crippen LogP contribution < -0.4 is 5.73 Å². The molecule has 1 unspecified atom stereocenters. The predicted molar refractivity (Wildman–Crippen MR) is 82.4 cm³/mol. The molecule has 2 aromatic rings. The quantitative estimate of drug-likeness (QED) is 0.900. The molecular formula is C18H21NO. The van der Waals surface area contributed by atoms with Gasteiger partial charge < -0.3 is 10.5 Å². The van der Waals surface area contributed by atoms with Crippen LogP contribution in [0.2, 0.25) is 0 Å². The lowest BCUT2D eigenvalue weighted by Gasteiger charge is -2.28. The van der Waals surface area contributed by atoms with Crippen LogP contribution in [0.4, 0.5) is 0 Å². The Labute approximate surface area is 120 Å². The van der Waals surface area contributed by atoms with Crippen LogP contribution in [0, 0.1) is 0 Å². The summed E-state index contributed by atoms with van der Waals surface area (Å²) in [4.78, 5) is 0. The highest BCUT2D eigenvalue weighted by Gasteiger charge is 2.28. The van der Waals surface area contributed by atoms with E-state index in [1.165, 1.54) is 16.7 Å². The fourth-order valence-electron chi connectivity index (χ4n) is 2.88. The minimum Gasteiger partial charge on any atom is -0.381 e. The van der Waals surface area contributed by atoms with Crippen molar-refractivity contribution >= 4 is 0 Å². The molecule has 2 heteroatoms. The first kappa shape index (κ1) is 13.3. The highest BCUT2D eigenvalue weighted by molar-refractivity contribution is 5.63. The Bertz CT molecular complexity index is 539. The van der Waals surface area contributed by atoms with Gasteiger partial charge in [-0.05, 0) is 36.0 Å². The summed E-state index contributed by atoms with van der Waals surface area (Å²) in [7, 11) is 0. The van der Waals surface area contributed by atoms with Gasteiger partial charge in [-0.1, -0.05) is 54.6 Å². The van der Waals surface area contributed by atoms with E-state index in [1.807, 2.05) is 6.07 Å². The molecule has 0 saturated carbocycles. The van der Waals surface area contributed by atoms with Crippen LogP contribution in [0.25, 0.3) is 11.1 Å². The number of nitrogens with two attached hydrogens (primary N) is 1. The standard InChI is InChI=1S/C18H21NO/c19-18(11-4-13-20-14-12-18)17-9-7-16(8-10-17)15-5-2-1-3-6-15/h1-3,5-10H,4,11-14,19H2. The zero-order valence-electron chi connectivity index (χ0n) is 11.7. The lowest BCUT2D eigenvalue weighted by molar-refractivity contribution is 0.139. The molecule has 2 aromatic carbocycles. The summed E-state index contributed by atoms with van der Waals surface area (Å²) < 4.78 is 5.52. The zero-order chi connectivity index (χ0) is 13.8. The Balaban J connectivity index is 1.85. The van der Waals surface area contributed by atoms with Crippen LogP contribution in [-0.4, -0.2) is 13.2 Å². The van der Waals surface area contributed by atoms with E-state index < -0.39 is 0 Å². The van der Waals surface area contributed by atoms with Crippen LogP contribution in [0.1, 0.15) is 24.8 Å². The second kappa shape index (κ2) is 5.78. The summed E-state index contributed by atoms with van der Waals surface area (Å²) in [6, 6.07) is 19.1. The van der Waals surface area contributed by atoms with Crippen LogP contribution in [-0.2, 0) is 10.3 Å². The average molecular weight is 267 g/mol. The molecule has 3 rings (SSSR count). The summed E-state index contributed by atoms with van der Waals surface area (Å²) >= 11 is 0. The molecule has 1 fully saturated rings. The lowest BCUT2D eigenvalue weighted by Crippen LogP contribution is -2.36. The van der Waals surface area contributed by atoms with Crippen molar-refractivity contribution in [3.8, 4) is 11.1 Å². The molecule has 0 aromatic heterocycles. The number of hydrogen-bond donors (Lipinski definition) is 1. The van der Waals surface area contributed by atoms with E-state index in [9.17, 15) is 0 Å². The number of rotatable bonds is 2. The van der Waals surface area contributed by atoms with Crippen molar-refractivity contribution in [1.29, 1.82) is 0 Å². The smallest absolute Gasteiger partial charge is 0.0486 e. The Kier molecular flexibility index (Phi) is 3.86. The van der Waals surface area contributed by atoms with Gasteiger partial charge in [0.15, 0.2) is 0 Å².